The van der Waals surface area contributed by atoms with Crippen molar-refractivity contribution in [1.29, 1.82) is 0 Å². The molecule has 3 aromatic carbocycles. The van der Waals surface area contributed by atoms with Crippen molar-refractivity contribution in [2.24, 2.45) is 17.8 Å². The Kier molecular flexibility index (Phi) is 8.51. The summed E-state index contributed by atoms with van der Waals surface area (Å²) >= 11 is 0. The van der Waals surface area contributed by atoms with Gasteiger partial charge in [-0.2, -0.15) is 0 Å². The zero-order valence-electron chi connectivity index (χ0n) is 22.6. The molecule has 200 valence electrons. The Balaban J connectivity index is 1.44. The van der Waals surface area contributed by atoms with Gasteiger partial charge in [0.05, 0.1) is 10.6 Å². The number of carbonyl (C=O) groups is 2. The van der Waals surface area contributed by atoms with Gasteiger partial charge in [-0.25, -0.2) is 8.42 Å². The van der Waals surface area contributed by atoms with Crippen LogP contribution >= 0.6 is 0 Å². The second-order valence-corrected chi connectivity index (χ2v) is 13.0. The highest BCUT2D eigenvalue weighted by atomic mass is 32.2. The van der Waals surface area contributed by atoms with E-state index in [4.69, 9.17) is 0 Å². The predicted molar refractivity (Wildman–Crippen MR) is 151 cm³/mol. The van der Waals surface area contributed by atoms with Gasteiger partial charge in [0.15, 0.2) is 9.84 Å². The van der Waals surface area contributed by atoms with E-state index in [0.29, 0.717) is 24.3 Å². The molecule has 0 spiro atoms. The second kappa shape index (κ2) is 11.6. The third-order valence-electron chi connectivity index (χ3n) is 8.02. The molecule has 0 heterocycles. The average molecular weight is 532 g/mol. The Morgan fingerprint density at radius 1 is 0.921 bits per heavy atom. The number of hydrogen-bond donors (Lipinski definition) is 1. The summed E-state index contributed by atoms with van der Waals surface area (Å²) in [5.41, 5.74) is 3.74. The minimum absolute atomic E-state index is 0.0195. The maximum atomic E-state index is 13.1. The smallest absolute Gasteiger partial charge is 0.251 e. The van der Waals surface area contributed by atoms with Crippen LogP contribution in [0.2, 0.25) is 0 Å². The maximum absolute atomic E-state index is 13.1. The van der Waals surface area contributed by atoms with Crippen LogP contribution in [-0.2, 0) is 21.2 Å². The minimum atomic E-state index is -3.24. The quantitative estimate of drug-likeness (QED) is 0.359. The molecule has 1 N–H and O–H groups in total. The third-order valence-corrected chi connectivity index (χ3v) is 9.77. The van der Waals surface area contributed by atoms with Crippen molar-refractivity contribution in [2.45, 2.75) is 57.4 Å². The molecule has 1 saturated carbocycles. The van der Waals surface area contributed by atoms with Crippen LogP contribution in [0.5, 0.6) is 0 Å². The van der Waals surface area contributed by atoms with Crippen molar-refractivity contribution >= 4 is 21.5 Å². The largest absolute Gasteiger partial charge is 0.348 e. The van der Waals surface area contributed by atoms with Crippen molar-refractivity contribution in [3.05, 3.63) is 101 Å². The van der Waals surface area contributed by atoms with Crippen molar-refractivity contribution in [1.82, 2.24) is 5.32 Å². The van der Waals surface area contributed by atoms with Gasteiger partial charge >= 0.3 is 0 Å². The van der Waals surface area contributed by atoms with Crippen molar-refractivity contribution in [3.63, 3.8) is 0 Å². The number of Topliss-reactive ketones (excluding diaryl/α,β-unsaturated/α-hetero) is 1. The Morgan fingerprint density at radius 3 is 2.13 bits per heavy atom. The fourth-order valence-electron chi connectivity index (χ4n) is 5.82. The molecule has 6 heteroatoms. The first-order valence-electron chi connectivity index (χ1n) is 13.4. The van der Waals surface area contributed by atoms with E-state index in [1.807, 2.05) is 42.5 Å². The first kappa shape index (κ1) is 27.8. The standard InChI is InChI=1S/C32H37NO4S/c1-5-38(36,37)27-17-11-23(12-18-27)20-33-32(35)26-15-13-24(14-16-26)22(4)28-19-29(34)30(21(2)3)31(28)25-9-7-6-8-10-25/h6-18,21-22,28,30-31H,5,19-20H2,1-4H3,(H,33,35)/t22?,28?,30-,31-/m0/s1. The zero-order chi connectivity index (χ0) is 27.4. The summed E-state index contributed by atoms with van der Waals surface area (Å²) < 4.78 is 24.0. The molecule has 5 nitrogen and oxygen atoms in total. The number of nitrogens with one attached hydrogen (secondary N) is 1. The van der Waals surface area contributed by atoms with Crippen molar-refractivity contribution in [2.75, 3.05) is 5.75 Å². The van der Waals surface area contributed by atoms with Crippen LogP contribution in [-0.4, -0.2) is 25.9 Å². The lowest BCUT2D eigenvalue weighted by Crippen LogP contribution is -2.23. The van der Waals surface area contributed by atoms with E-state index in [2.05, 4.69) is 38.2 Å². The molecular formula is C32H37NO4S. The molecule has 0 aliphatic heterocycles. The molecule has 0 aromatic heterocycles. The fourth-order valence-corrected chi connectivity index (χ4v) is 6.70. The van der Waals surface area contributed by atoms with E-state index in [9.17, 15) is 18.0 Å². The van der Waals surface area contributed by atoms with Gasteiger partial charge in [-0.3, -0.25) is 9.59 Å². The number of benzene rings is 3. The highest BCUT2D eigenvalue weighted by Crippen LogP contribution is 2.50. The van der Waals surface area contributed by atoms with Gasteiger partial charge in [0.25, 0.3) is 5.91 Å². The lowest BCUT2D eigenvalue weighted by atomic mass is 9.73. The van der Waals surface area contributed by atoms with Crippen molar-refractivity contribution < 1.29 is 18.0 Å². The number of rotatable bonds is 9. The van der Waals surface area contributed by atoms with E-state index in [1.54, 1.807) is 31.2 Å². The summed E-state index contributed by atoms with van der Waals surface area (Å²) in [6, 6.07) is 24.7. The molecule has 38 heavy (non-hydrogen) atoms. The minimum Gasteiger partial charge on any atom is -0.348 e. The third kappa shape index (κ3) is 5.91. The molecule has 0 radical (unpaired) electrons. The molecule has 1 aliphatic rings. The molecule has 1 aliphatic carbocycles. The molecule has 2 unspecified atom stereocenters. The lowest BCUT2D eigenvalue weighted by Gasteiger charge is -2.30. The zero-order valence-corrected chi connectivity index (χ0v) is 23.4. The Morgan fingerprint density at radius 2 is 1.55 bits per heavy atom. The van der Waals surface area contributed by atoms with Crippen LogP contribution in [0.15, 0.2) is 83.8 Å². The molecular weight excluding hydrogens is 494 g/mol. The number of sulfone groups is 1. The van der Waals surface area contributed by atoms with Crippen LogP contribution < -0.4 is 5.32 Å². The Labute approximate surface area is 226 Å². The number of ketones is 1. The van der Waals surface area contributed by atoms with Crippen molar-refractivity contribution in [3.8, 4) is 0 Å². The average Bonchev–Trinajstić information content (AvgIpc) is 3.29. The van der Waals surface area contributed by atoms with E-state index >= 15 is 0 Å². The number of amides is 1. The predicted octanol–water partition coefficient (Wildman–Crippen LogP) is 6.16. The normalized spacial score (nSPS) is 20.4. The van der Waals surface area contributed by atoms with Crippen LogP contribution in [0.4, 0.5) is 0 Å². The topological polar surface area (TPSA) is 80.3 Å². The molecule has 1 amide bonds. The van der Waals surface area contributed by atoms with Gasteiger partial charge in [0.2, 0.25) is 0 Å². The summed E-state index contributed by atoms with van der Waals surface area (Å²) in [6.45, 7) is 8.39. The van der Waals surface area contributed by atoms with E-state index in [0.717, 1.165) is 11.1 Å². The van der Waals surface area contributed by atoms with Gasteiger partial charge < -0.3 is 5.32 Å². The van der Waals surface area contributed by atoms with E-state index in [-0.39, 0.29) is 46.1 Å². The summed E-state index contributed by atoms with van der Waals surface area (Å²) in [4.78, 5) is 26.1. The van der Waals surface area contributed by atoms with E-state index in [1.165, 1.54) is 5.56 Å². The fraction of sp³-hybridized carbons (Fsp3) is 0.375. The number of carbonyl (C=O) groups excluding carboxylic acids is 2. The van der Waals surface area contributed by atoms with Gasteiger partial charge in [-0.05, 0) is 64.6 Å². The molecule has 4 rings (SSSR count). The summed E-state index contributed by atoms with van der Waals surface area (Å²) in [6.07, 6.45) is 0.574. The summed E-state index contributed by atoms with van der Waals surface area (Å²) in [5, 5.41) is 2.91. The molecule has 3 aromatic rings. The second-order valence-electron chi connectivity index (χ2n) is 10.7. The highest BCUT2D eigenvalue weighted by Gasteiger charge is 2.46. The van der Waals surface area contributed by atoms with Gasteiger partial charge in [0, 0.05) is 24.4 Å². The van der Waals surface area contributed by atoms with Crippen LogP contribution in [0.3, 0.4) is 0 Å². The Hall–Kier alpha value is -3.25. The summed E-state index contributed by atoms with van der Waals surface area (Å²) in [7, 11) is -3.24. The van der Waals surface area contributed by atoms with E-state index < -0.39 is 9.84 Å². The molecule has 0 saturated heterocycles. The van der Waals surface area contributed by atoms with Gasteiger partial charge in [0.1, 0.15) is 5.78 Å². The summed E-state index contributed by atoms with van der Waals surface area (Å²) in [5.74, 6) is 1.07. The highest BCUT2D eigenvalue weighted by molar-refractivity contribution is 7.91. The van der Waals surface area contributed by atoms with Crippen LogP contribution in [0.25, 0.3) is 0 Å². The number of hydrogen-bond acceptors (Lipinski definition) is 4. The van der Waals surface area contributed by atoms with Crippen LogP contribution in [0.1, 0.15) is 73.0 Å². The molecule has 0 bridgehead atoms. The molecule has 4 atom stereocenters. The molecule has 1 fully saturated rings. The maximum Gasteiger partial charge on any atom is 0.251 e. The van der Waals surface area contributed by atoms with Gasteiger partial charge in [-0.15, -0.1) is 0 Å². The van der Waals surface area contributed by atoms with Gasteiger partial charge in [-0.1, -0.05) is 82.3 Å². The SMILES string of the molecule is CCS(=O)(=O)c1ccc(CNC(=O)c2ccc(C(C)C3CC(=O)[C@H](C(C)C)[C@H]3c3ccccc3)cc2)cc1. The Bertz CT molecular complexity index is 1360. The van der Waals surface area contributed by atoms with Crippen LogP contribution in [0, 0.1) is 17.8 Å². The lowest BCUT2D eigenvalue weighted by molar-refractivity contribution is -0.122. The monoisotopic (exact) mass is 531 g/mol. The first-order chi connectivity index (χ1) is 18.1. The first-order valence-corrected chi connectivity index (χ1v) is 15.0.